The van der Waals surface area contributed by atoms with Crippen LogP contribution in [0.4, 0.5) is 5.82 Å². The summed E-state index contributed by atoms with van der Waals surface area (Å²) in [6.45, 7) is 4.31. The molecule has 2 aliphatic heterocycles. The summed E-state index contributed by atoms with van der Waals surface area (Å²) < 4.78 is 0. The van der Waals surface area contributed by atoms with Crippen molar-refractivity contribution < 1.29 is 0 Å². The first-order valence-corrected chi connectivity index (χ1v) is 5.72. The monoisotopic (exact) mass is 223 g/mol. The first-order chi connectivity index (χ1) is 7.21. The van der Waals surface area contributed by atoms with Gasteiger partial charge in [0.15, 0.2) is 0 Å². The molecule has 2 N–H and O–H groups in total. The van der Waals surface area contributed by atoms with E-state index in [2.05, 4.69) is 22.5 Å². The molecular formula is C11H14ClN3. The van der Waals surface area contributed by atoms with Gasteiger partial charge in [-0.3, -0.25) is 0 Å². The molecule has 2 aliphatic rings. The molecule has 4 heteroatoms. The highest BCUT2D eigenvalue weighted by atomic mass is 35.5. The lowest BCUT2D eigenvalue weighted by Crippen LogP contribution is -2.48. The van der Waals surface area contributed by atoms with Crippen LogP contribution in [-0.2, 0) is 0 Å². The van der Waals surface area contributed by atoms with Crippen molar-refractivity contribution >= 4 is 17.4 Å². The van der Waals surface area contributed by atoms with Gasteiger partial charge in [-0.15, -0.1) is 0 Å². The summed E-state index contributed by atoms with van der Waals surface area (Å²) in [6.07, 6.45) is 2.88. The van der Waals surface area contributed by atoms with E-state index in [1.54, 1.807) is 6.20 Å². The molecule has 1 aromatic heterocycles. The van der Waals surface area contributed by atoms with Crippen LogP contribution in [0.3, 0.4) is 0 Å². The van der Waals surface area contributed by atoms with E-state index in [9.17, 15) is 0 Å². The highest BCUT2D eigenvalue weighted by Gasteiger charge is 2.45. The minimum atomic E-state index is 0.131. The number of piperidine rings is 1. The molecule has 0 bridgehead atoms. The third-order valence-electron chi connectivity index (χ3n) is 3.63. The Kier molecular flexibility index (Phi) is 1.94. The van der Waals surface area contributed by atoms with Gasteiger partial charge >= 0.3 is 0 Å². The Labute approximate surface area is 94.2 Å². The van der Waals surface area contributed by atoms with Crippen molar-refractivity contribution in [1.82, 2.24) is 10.3 Å². The van der Waals surface area contributed by atoms with Crippen molar-refractivity contribution in [1.29, 1.82) is 0 Å². The smallest absolute Gasteiger partial charge is 0.131 e. The molecule has 2 atom stereocenters. The van der Waals surface area contributed by atoms with Crippen LogP contribution >= 0.6 is 11.6 Å². The molecule has 80 valence electrons. The number of fused-ring (bicyclic) bond motifs is 3. The Morgan fingerprint density at radius 1 is 1.60 bits per heavy atom. The average molecular weight is 224 g/mol. The number of anilines is 1. The Bertz CT molecular complexity index is 407. The van der Waals surface area contributed by atoms with Crippen molar-refractivity contribution in [2.24, 2.45) is 0 Å². The summed E-state index contributed by atoms with van der Waals surface area (Å²) in [4.78, 5) is 4.37. The number of nitrogens with zero attached hydrogens (tertiary/aromatic N) is 1. The maximum Gasteiger partial charge on any atom is 0.131 e. The van der Waals surface area contributed by atoms with Crippen molar-refractivity contribution in [3.05, 3.63) is 22.8 Å². The predicted molar refractivity (Wildman–Crippen MR) is 61.5 cm³/mol. The van der Waals surface area contributed by atoms with Crippen molar-refractivity contribution in [3.63, 3.8) is 0 Å². The lowest BCUT2D eigenvalue weighted by molar-refractivity contribution is 0.332. The van der Waals surface area contributed by atoms with Gasteiger partial charge in [-0.2, -0.15) is 0 Å². The first-order valence-electron chi connectivity index (χ1n) is 5.34. The van der Waals surface area contributed by atoms with Gasteiger partial charge in [0.05, 0.1) is 0 Å². The molecule has 1 aromatic rings. The maximum absolute atomic E-state index is 6.24. The summed E-state index contributed by atoms with van der Waals surface area (Å²) in [5.74, 6) is 1.42. The predicted octanol–water partition coefficient (Wildman–Crippen LogP) is 2.00. The van der Waals surface area contributed by atoms with E-state index < -0.39 is 0 Å². The molecule has 0 radical (unpaired) electrons. The van der Waals surface area contributed by atoms with Gasteiger partial charge in [0.2, 0.25) is 0 Å². The molecule has 1 fully saturated rings. The number of hydrogen-bond acceptors (Lipinski definition) is 3. The van der Waals surface area contributed by atoms with Crippen LogP contribution in [-0.4, -0.2) is 23.6 Å². The summed E-state index contributed by atoms with van der Waals surface area (Å²) >= 11 is 6.24. The van der Waals surface area contributed by atoms with Crippen LogP contribution in [0.15, 0.2) is 12.3 Å². The van der Waals surface area contributed by atoms with Gasteiger partial charge in [0.25, 0.3) is 0 Å². The summed E-state index contributed by atoms with van der Waals surface area (Å²) in [7, 11) is 0. The van der Waals surface area contributed by atoms with E-state index >= 15 is 0 Å². The van der Waals surface area contributed by atoms with Crippen LogP contribution in [0.2, 0.25) is 5.02 Å². The fourth-order valence-corrected chi connectivity index (χ4v) is 2.99. The quantitative estimate of drug-likeness (QED) is 0.707. The Hall–Kier alpha value is -0.800. The number of hydrogen-bond donors (Lipinski definition) is 2. The number of rotatable bonds is 0. The Morgan fingerprint density at radius 3 is 3.33 bits per heavy atom. The van der Waals surface area contributed by atoms with Gasteiger partial charge in [-0.25, -0.2) is 4.98 Å². The minimum absolute atomic E-state index is 0.131. The molecule has 3 nitrogen and oxygen atoms in total. The zero-order valence-corrected chi connectivity index (χ0v) is 9.43. The fourth-order valence-electron chi connectivity index (χ4n) is 2.72. The van der Waals surface area contributed by atoms with E-state index in [0.717, 1.165) is 30.4 Å². The molecule has 2 unspecified atom stereocenters. The third-order valence-corrected chi connectivity index (χ3v) is 3.96. The van der Waals surface area contributed by atoms with Crippen LogP contribution in [0.25, 0.3) is 0 Å². The first kappa shape index (κ1) is 9.43. The van der Waals surface area contributed by atoms with Crippen LogP contribution in [0.1, 0.15) is 24.8 Å². The van der Waals surface area contributed by atoms with Gasteiger partial charge in [0, 0.05) is 34.8 Å². The fraction of sp³-hybridized carbons (Fsp3) is 0.545. The normalized spacial score (nSPS) is 33.1. The maximum atomic E-state index is 6.24. The van der Waals surface area contributed by atoms with E-state index in [1.165, 1.54) is 5.56 Å². The highest BCUT2D eigenvalue weighted by Crippen LogP contribution is 2.47. The number of halogens is 1. The van der Waals surface area contributed by atoms with Gasteiger partial charge in [-0.05, 0) is 26.0 Å². The Morgan fingerprint density at radius 2 is 2.47 bits per heavy atom. The second-order valence-electron chi connectivity index (χ2n) is 4.60. The molecule has 3 heterocycles. The van der Waals surface area contributed by atoms with E-state index in [1.807, 2.05) is 6.07 Å². The van der Waals surface area contributed by atoms with E-state index in [4.69, 9.17) is 11.6 Å². The molecule has 0 saturated carbocycles. The van der Waals surface area contributed by atoms with Gasteiger partial charge < -0.3 is 10.6 Å². The molecule has 0 spiro atoms. The minimum Gasteiger partial charge on any atom is -0.364 e. The molecular weight excluding hydrogens is 210 g/mol. The molecule has 0 amide bonds. The second-order valence-corrected chi connectivity index (χ2v) is 5.01. The SMILES string of the molecule is CC12CCNCC1c1c(Cl)ccnc1N2. The Balaban J connectivity index is 2.12. The average Bonchev–Trinajstić information content (AvgIpc) is 2.51. The largest absolute Gasteiger partial charge is 0.364 e. The second kappa shape index (κ2) is 3.09. The van der Waals surface area contributed by atoms with E-state index in [0.29, 0.717) is 5.92 Å². The van der Waals surface area contributed by atoms with Crippen LogP contribution < -0.4 is 10.6 Å². The van der Waals surface area contributed by atoms with Gasteiger partial charge in [0.1, 0.15) is 5.82 Å². The standard InChI is InChI=1S/C11H14ClN3/c1-11-3-5-13-6-7(11)9-8(12)2-4-14-10(9)15-11/h2,4,7,13H,3,5-6H2,1H3,(H,14,15). The van der Waals surface area contributed by atoms with Crippen LogP contribution in [0.5, 0.6) is 0 Å². The topological polar surface area (TPSA) is 37.0 Å². The number of pyridine rings is 1. The molecule has 0 aromatic carbocycles. The summed E-state index contributed by atoms with van der Waals surface area (Å²) in [5, 5.41) is 7.78. The zero-order chi connectivity index (χ0) is 10.5. The van der Waals surface area contributed by atoms with Crippen molar-refractivity contribution in [3.8, 4) is 0 Å². The molecule has 3 rings (SSSR count). The van der Waals surface area contributed by atoms with Gasteiger partial charge in [-0.1, -0.05) is 11.6 Å². The lowest BCUT2D eigenvalue weighted by atomic mass is 9.79. The summed E-state index contributed by atoms with van der Waals surface area (Å²) in [5.41, 5.74) is 1.32. The zero-order valence-electron chi connectivity index (χ0n) is 8.68. The van der Waals surface area contributed by atoms with Crippen LogP contribution in [0, 0.1) is 0 Å². The third kappa shape index (κ3) is 1.26. The number of nitrogens with one attached hydrogen (secondary N) is 2. The summed E-state index contributed by atoms with van der Waals surface area (Å²) in [6, 6.07) is 1.88. The molecule has 1 saturated heterocycles. The van der Waals surface area contributed by atoms with Crippen molar-refractivity contribution in [2.45, 2.75) is 24.8 Å². The van der Waals surface area contributed by atoms with E-state index in [-0.39, 0.29) is 5.54 Å². The number of aromatic nitrogens is 1. The lowest BCUT2D eigenvalue weighted by Gasteiger charge is -2.36. The molecule has 0 aliphatic carbocycles. The molecule has 15 heavy (non-hydrogen) atoms. The highest BCUT2D eigenvalue weighted by molar-refractivity contribution is 6.31. The van der Waals surface area contributed by atoms with Crippen molar-refractivity contribution in [2.75, 3.05) is 18.4 Å².